The molecule has 0 N–H and O–H groups in total. The number of aromatic nitrogens is 1. The first-order valence-corrected chi connectivity index (χ1v) is 13.1. The van der Waals surface area contributed by atoms with Crippen LogP contribution in [-0.2, 0) is 0 Å². The Kier molecular flexibility index (Phi) is 6.71. The van der Waals surface area contributed by atoms with Crippen LogP contribution < -0.4 is 0 Å². The van der Waals surface area contributed by atoms with Crippen molar-refractivity contribution in [1.29, 1.82) is 0 Å². The molecule has 1 unspecified atom stereocenters. The Morgan fingerprint density at radius 1 is 0.590 bits per heavy atom. The van der Waals surface area contributed by atoms with Gasteiger partial charge in [0.25, 0.3) is 0 Å². The maximum absolute atomic E-state index is 14.2. The van der Waals surface area contributed by atoms with Gasteiger partial charge < -0.3 is 4.40 Å². The predicted octanol–water partition coefficient (Wildman–Crippen LogP) is 8.24. The lowest BCUT2D eigenvalue weighted by molar-refractivity contribution is 0.0976. The van der Waals surface area contributed by atoms with Crippen LogP contribution in [0.4, 0.5) is 0 Å². The minimum absolute atomic E-state index is 0.0365. The van der Waals surface area contributed by atoms with Crippen molar-refractivity contribution >= 4 is 17.1 Å². The van der Waals surface area contributed by atoms with Gasteiger partial charge in [-0.15, -0.1) is 0 Å². The van der Waals surface area contributed by atoms with Crippen molar-refractivity contribution in [3.05, 3.63) is 174 Å². The molecule has 4 aromatic carbocycles. The predicted molar refractivity (Wildman–Crippen MR) is 156 cm³/mol. The van der Waals surface area contributed by atoms with E-state index in [-0.39, 0.29) is 23.9 Å². The number of hydrogen-bond acceptors (Lipinski definition) is 2. The highest BCUT2D eigenvalue weighted by molar-refractivity contribution is 6.18. The Balaban J connectivity index is 1.65. The topological polar surface area (TPSA) is 38.5 Å². The van der Waals surface area contributed by atoms with Gasteiger partial charge in [0, 0.05) is 40.9 Å². The maximum atomic E-state index is 14.2. The second kappa shape index (κ2) is 10.8. The van der Waals surface area contributed by atoms with Gasteiger partial charge in [-0.25, -0.2) is 0 Å². The van der Waals surface area contributed by atoms with Gasteiger partial charge in [0.15, 0.2) is 11.6 Å². The number of benzene rings is 4. The number of Topliss-reactive ketones (excluding diaryl/α,β-unsaturated/α-hetero) is 1. The number of nitrogens with zero attached hydrogens (tertiary/aromatic N) is 1. The molecular formula is C36H27NO2. The van der Waals surface area contributed by atoms with Crippen molar-refractivity contribution in [1.82, 2.24) is 4.40 Å². The van der Waals surface area contributed by atoms with Crippen molar-refractivity contribution in [3.63, 3.8) is 0 Å². The third-order valence-corrected chi connectivity index (χ3v) is 7.22. The molecule has 0 fully saturated rings. The standard InChI is InChI=1S/C36H27NO2/c38-32(27-17-7-2-8-18-27)25-30(26-15-5-1-6-16-26)35-33(28-19-9-3-10-20-28)34(31-23-13-14-24-37(31)35)36(39)29-21-11-4-12-22-29/h1-24,30H,25H2. The summed E-state index contributed by atoms with van der Waals surface area (Å²) < 4.78 is 2.11. The molecule has 2 aromatic heterocycles. The van der Waals surface area contributed by atoms with Crippen molar-refractivity contribution < 1.29 is 9.59 Å². The van der Waals surface area contributed by atoms with E-state index in [0.29, 0.717) is 16.7 Å². The van der Waals surface area contributed by atoms with Gasteiger partial charge in [-0.05, 0) is 23.3 Å². The molecule has 0 aliphatic heterocycles. The average molecular weight is 506 g/mol. The average Bonchev–Trinajstić information content (AvgIpc) is 3.36. The summed E-state index contributed by atoms with van der Waals surface area (Å²) in [6.45, 7) is 0. The molecular weight excluding hydrogens is 478 g/mol. The van der Waals surface area contributed by atoms with Crippen molar-refractivity contribution in [2.45, 2.75) is 12.3 Å². The second-order valence-corrected chi connectivity index (χ2v) is 9.61. The molecule has 1 atom stereocenters. The largest absolute Gasteiger partial charge is 0.319 e. The molecule has 0 radical (unpaired) electrons. The molecule has 0 amide bonds. The number of carbonyl (C=O) groups is 2. The zero-order chi connectivity index (χ0) is 26.6. The third kappa shape index (κ3) is 4.71. The number of rotatable bonds is 8. The summed E-state index contributed by atoms with van der Waals surface area (Å²) in [6, 6.07) is 44.9. The molecule has 3 heteroatoms. The van der Waals surface area contributed by atoms with Crippen LogP contribution in [0.5, 0.6) is 0 Å². The number of hydrogen-bond donors (Lipinski definition) is 0. The van der Waals surface area contributed by atoms with E-state index < -0.39 is 0 Å². The van der Waals surface area contributed by atoms with E-state index in [2.05, 4.69) is 16.5 Å². The molecule has 6 rings (SSSR count). The number of fused-ring (bicyclic) bond motifs is 1. The fraction of sp³-hybridized carbons (Fsp3) is 0.0556. The Morgan fingerprint density at radius 3 is 1.77 bits per heavy atom. The van der Waals surface area contributed by atoms with E-state index in [1.165, 1.54) is 0 Å². The van der Waals surface area contributed by atoms with Crippen LogP contribution in [0.25, 0.3) is 16.6 Å². The first-order chi connectivity index (χ1) is 19.2. The van der Waals surface area contributed by atoms with E-state index in [1.807, 2.05) is 134 Å². The summed E-state index contributed by atoms with van der Waals surface area (Å²) in [5, 5.41) is 0. The quantitative estimate of drug-likeness (QED) is 0.195. The minimum Gasteiger partial charge on any atom is -0.319 e. The molecule has 0 aliphatic rings. The lowest BCUT2D eigenvalue weighted by Crippen LogP contribution is -2.12. The van der Waals surface area contributed by atoms with Gasteiger partial charge in [0.1, 0.15) is 0 Å². The fourth-order valence-corrected chi connectivity index (χ4v) is 5.42. The van der Waals surface area contributed by atoms with Gasteiger partial charge in [-0.3, -0.25) is 9.59 Å². The molecule has 0 spiro atoms. The molecule has 6 aromatic rings. The lowest BCUT2D eigenvalue weighted by Gasteiger charge is -2.20. The normalized spacial score (nSPS) is 11.8. The molecule has 0 bridgehead atoms. The van der Waals surface area contributed by atoms with Gasteiger partial charge in [-0.1, -0.05) is 127 Å². The third-order valence-electron chi connectivity index (χ3n) is 7.22. The fourth-order valence-electron chi connectivity index (χ4n) is 5.42. The van der Waals surface area contributed by atoms with Crippen LogP contribution in [0.15, 0.2) is 146 Å². The first kappa shape index (κ1) is 24.3. The zero-order valence-corrected chi connectivity index (χ0v) is 21.4. The van der Waals surface area contributed by atoms with E-state index >= 15 is 0 Å². The SMILES string of the molecule is O=C(CC(c1ccccc1)c1c(-c2ccccc2)c(C(=O)c2ccccc2)c2ccccn12)c1ccccc1. The number of ketones is 2. The summed E-state index contributed by atoms with van der Waals surface area (Å²) in [5.41, 5.74) is 6.57. The summed E-state index contributed by atoms with van der Waals surface area (Å²) in [4.78, 5) is 27.9. The van der Waals surface area contributed by atoms with Crippen molar-refractivity contribution in [2.75, 3.05) is 0 Å². The number of pyridine rings is 1. The summed E-state index contributed by atoms with van der Waals surface area (Å²) >= 11 is 0. The van der Waals surface area contributed by atoms with E-state index in [1.54, 1.807) is 0 Å². The Morgan fingerprint density at radius 2 is 1.13 bits per heavy atom. The highest BCUT2D eigenvalue weighted by atomic mass is 16.1. The van der Waals surface area contributed by atoms with Gasteiger partial charge in [-0.2, -0.15) is 0 Å². The molecule has 0 saturated heterocycles. The van der Waals surface area contributed by atoms with Crippen LogP contribution in [-0.4, -0.2) is 16.0 Å². The summed E-state index contributed by atoms with van der Waals surface area (Å²) in [6.07, 6.45) is 2.27. The Bertz CT molecular complexity index is 1740. The van der Waals surface area contributed by atoms with Gasteiger partial charge in [0.2, 0.25) is 0 Å². The molecule has 0 saturated carbocycles. The number of carbonyl (C=O) groups excluding carboxylic acids is 2. The van der Waals surface area contributed by atoms with Crippen molar-refractivity contribution in [3.8, 4) is 11.1 Å². The first-order valence-electron chi connectivity index (χ1n) is 13.1. The zero-order valence-electron chi connectivity index (χ0n) is 21.4. The molecule has 39 heavy (non-hydrogen) atoms. The van der Waals surface area contributed by atoms with Crippen LogP contribution >= 0.6 is 0 Å². The highest BCUT2D eigenvalue weighted by Gasteiger charge is 2.31. The van der Waals surface area contributed by atoms with Crippen LogP contribution in [0, 0.1) is 0 Å². The Labute approximate surface area is 228 Å². The van der Waals surface area contributed by atoms with E-state index in [4.69, 9.17) is 0 Å². The van der Waals surface area contributed by atoms with Gasteiger partial charge in [0.05, 0.1) is 11.1 Å². The molecule has 3 nitrogen and oxygen atoms in total. The van der Waals surface area contributed by atoms with E-state index in [0.717, 1.165) is 27.9 Å². The molecule has 0 aliphatic carbocycles. The van der Waals surface area contributed by atoms with Gasteiger partial charge >= 0.3 is 0 Å². The smallest absolute Gasteiger partial charge is 0.195 e. The lowest BCUT2D eigenvalue weighted by atomic mass is 9.84. The highest BCUT2D eigenvalue weighted by Crippen LogP contribution is 2.42. The summed E-state index contributed by atoms with van der Waals surface area (Å²) in [5.74, 6) is -0.253. The molecule has 188 valence electrons. The van der Waals surface area contributed by atoms with Crippen LogP contribution in [0.1, 0.15) is 49.9 Å². The summed E-state index contributed by atoms with van der Waals surface area (Å²) in [7, 11) is 0. The second-order valence-electron chi connectivity index (χ2n) is 9.61. The van der Waals surface area contributed by atoms with Crippen molar-refractivity contribution in [2.24, 2.45) is 0 Å². The minimum atomic E-state index is -0.277. The monoisotopic (exact) mass is 505 g/mol. The van der Waals surface area contributed by atoms with Crippen LogP contribution in [0.3, 0.4) is 0 Å². The van der Waals surface area contributed by atoms with E-state index in [9.17, 15) is 9.59 Å². The Hall–Kier alpha value is -5.02. The van der Waals surface area contributed by atoms with Crippen LogP contribution in [0.2, 0.25) is 0 Å². The maximum Gasteiger partial charge on any atom is 0.195 e. The molecule has 2 heterocycles.